The normalized spacial score (nSPS) is 11.9. The average Bonchev–Trinajstić information content (AvgIpc) is 2.44. The number of nitrogens with one attached hydrogen (secondary N) is 1. The molecule has 104 valence electrons. The number of carboxylic acid groups (broad SMARTS) is 1. The molecule has 2 N–H and O–H groups in total. The highest BCUT2D eigenvalue weighted by atomic mass is 35.5. The molecule has 0 radical (unpaired) electrons. The summed E-state index contributed by atoms with van der Waals surface area (Å²) < 4.78 is 13.3. The van der Waals surface area contributed by atoms with E-state index in [1.807, 2.05) is 6.07 Å². The van der Waals surface area contributed by atoms with Crippen molar-refractivity contribution in [3.05, 3.63) is 64.9 Å². The molecule has 0 heterocycles. The maximum Gasteiger partial charge on any atom is 0.312 e. The number of rotatable bonds is 5. The molecule has 20 heavy (non-hydrogen) atoms. The number of carbonyl (C=O) groups is 1. The standard InChI is InChI=1S/C15H13ClFNO2/c16-13-7-6-11(8-14(13)17)18-9-12(15(19)20)10-4-2-1-3-5-10/h1-8,12,18H,9H2,(H,19,20). The molecule has 0 amide bonds. The van der Waals surface area contributed by atoms with E-state index in [1.165, 1.54) is 12.1 Å². The molecule has 0 aliphatic rings. The third-order valence-corrected chi connectivity index (χ3v) is 3.24. The number of carboxylic acids is 1. The summed E-state index contributed by atoms with van der Waals surface area (Å²) in [6.07, 6.45) is 0. The Hall–Kier alpha value is -2.07. The number of hydrogen-bond acceptors (Lipinski definition) is 2. The maximum absolute atomic E-state index is 13.3. The SMILES string of the molecule is O=C(O)C(CNc1ccc(Cl)c(F)c1)c1ccccc1. The van der Waals surface area contributed by atoms with E-state index in [0.717, 1.165) is 0 Å². The summed E-state index contributed by atoms with van der Waals surface area (Å²) in [5.41, 5.74) is 1.19. The zero-order chi connectivity index (χ0) is 14.5. The topological polar surface area (TPSA) is 49.3 Å². The van der Waals surface area contributed by atoms with Crippen LogP contribution in [0, 0.1) is 5.82 Å². The lowest BCUT2D eigenvalue weighted by Gasteiger charge is -2.14. The molecular formula is C15H13ClFNO2. The van der Waals surface area contributed by atoms with Gasteiger partial charge in [-0.15, -0.1) is 0 Å². The highest BCUT2D eigenvalue weighted by Gasteiger charge is 2.19. The van der Waals surface area contributed by atoms with E-state index in [9.17, 15) is 14.3 Å². The van der Waals surface area contributed by atoms with E-state index in [2.05, 4.69) is 5.32 Å². The van der Waals surface area contributed by atoms with Gasteiger partial charge in [-0.05, 0) is 23.8 Å². The number of benzene rings is 2. The summed E-state index contributed by atoms with van der Waals surface area (Å²) in [6, 6.07) is 13.2. The number of aliphatic carboxylic acids is 1. The molecule has 0 spiro atoms. The molecule has 0 aromatic heterocycles. The average molecular weight is 294 g/mol. The first kappa shape index (κ1) is 14.3. The molecule has 0 aliphatic heterocycles. The van der Waals surface area contributed by atoms with Crippen LogP contribution in [0.15, 0.2) is 48.5 Å². The maximum atomic E-state index is 13.3. The van der Waals surface area contributed by atoms with Gasteiger partial charge in [-0.25, -0.2) is 4.39 Å². The summed E-state index contributed by atoms with van der Waals surface area (Å²) >= 11 is 5.59. The Balaban J connectivity index is 2.10. The summed E-state index contributed by atoms with van der Waals surface area (Å²) in [5, 5.41) is 12.2. The van der Waals surface area contributed by atoms with Crippen LogP contribution >= 0.6 is 11.6 Å². The zero-order valence-corrected chi connectivity index (χ0v) is 11.3. The highest BCUT2D eigenvalue weighted by Crippen LogP contribution is 2.21. The Bertz CT molecular complexity index is 604. The minimum absolute atomic E-state index is 0.0355. The Kier molecular flexibility index (Phi) is 4.58. The molecule has 2 aromatic rings. The van der Waals surface area contributed by atoms with Gasteiger partial charge in [-0.1, -0.05) is 41.9 Å². The van der Waals surface area contributed by atoms with E-state index in [4.69, 9.17) is 11.6 Å². The van der Waals surface area contributed by atoms with Crippen LogP contribution in [0.4, 0.5) is 10.1 Å². The molecule has 0 saturated carbocycles. The molecule has 0 saturated heterocycles. The van der Waals surface area contributed by atoms with Crippen LogP contribution < -0.4 is 5.32 Å². The molecule has 3 nitrogen and oxygen atoms in total. The highest BCUT2D eigenvalue weighted by molar-refractivity contribution is 6.30. The van der Waals surface area contributed by atoms with Crippen molar-refractivity contribution < 1.29 is 14.3 Å². The Morgan fingerprint density at radius 1 is 1.25 bits per heavy atom. The summed E-state index contributed by atoms with van der Waals surface area (Å²) in [4.78, 5) is 11.3. The smallest absolute Gasteiger partial charge is 0.312 e. The van der Waals surface area contributed by atoms with Gasteiger partial charge in [-0.2, -0.15) is 0 Å². The first-order chi connectivity index (χ1) is 9.58. The fourth-order valence-electron chi connectivity index (χ4n) is 1.86. The van der Waals surface area contributed by atoms with E-state index in [1.54, 1.807) is 30.3 Å². The second kappa shape index (κ2) is 6.39. The van der Waals surface area contributed by atoms with Crippen LogP contribution in [-0.2, 0) is 4.79 Å². The molecular weight excluding hydrogens is 281 g/mol. The van der Waals surface area contributed by atoms with Crippen molar-refractivity contribution in [2.45, 2.75) is 5.92 Å². The zero-order valence-electron chi connectivity index (χ0n) is 10.5. The predicted molar refractivity (Wildman–Crippen MR) is 76.7 cm³/mol. The van der Waals surface area contributed by atoms with Crippen LogP contribution in [0.3, 0.4) is 0 Å². The van der Waals surface area contributed by atoms with E-state index in [-0.39, 0.29) is 11.6 Å². The van der Waals surface area contributed by atoms with Crippen LogP contribution in [0.5, 0.6) is 0 Å². The lowest BCUT2D eigenvalue weighted by Crippen LogP contribution is -2.20. The lowest BCUT2D eigenvalue weighted by atomic mass is 9.99. The van der Waals surface area contributed by atoms with Crippen molar-refractivity contribution in [2.24, 2.45) is 0 Å². The monoisotopic (exact) mass is 293 g/mol. The van der Waals surface area contributed by atoms with Gasteiger partial charge in [0.05, 0.1) is 10.9 Å². The quantitative estimate of drug-likeness (QED) is 0.882. The van der Waals surface area contributed by atoms with Crippen molar-refractivity contribution in [3.8, 4) is 0 Å². The van der Waals surface area contributed by atoms with Gasteiger partial charge in [0, 0.05) is 12.2 Å². The first-order valence-electron chi connectivity index (χ1n) is 6.04. The minimum atomic E-state index is -0.932. The Labute approximate surface area is 121 Å². The van der Waals surface area contributed by atoms with Gasteiger partial charge in [0.25, 0.3) is 0 Å². The fraction of sp³-hybridized carbons (Fsp3) is 0.133. The minimum Gasteiger partial charge on any atom is -0.481 e. The fourth-order valence-corrected chi connectivity index (χ4v) is 1.98. The van der Waals surface area contributed by atoms with Gasteiger partial charge >= 0.3 is 5.97 Å². The van der Waals surface area contributed by atoms with Crippen LogP contribution in [-0.4, -0.2) is 17.6 Å². The molecule has 0 aliphatic carbocycles. The van der Waals surface area contributed by atoms with Crippen molar-refractivity contribution in [1.82, 2.24) is 0 Å². The molecule has 2 aromatic carbocycles. The van der Waals surface area contributed by atoms with E-state index >= 15 is 0 Å². The Morgan fingerprint density at radius 3 is 2.55 bits per heavy atom. The molecule has 5 heteroatoms. The van der Waals surface area contributed by atoms with Gasteiger partial charge in [-0.3, -0.25) is 4.79 Å². The summed E-state index contributed by atoms with van der Waals surface area (Å²) in [7, 11) is 0. The van der Waals surface area contributed by atoms with Gasteiger partial charge < -0.3 is 10.4 Å². The second-order valence-corrected chi connectivity index (χ2v) is 4.72. The Morgan fingerprint density at radius 2 is 1.95 bits per heavy atom. The molecule has 1 unspecified atom stereocenters. The predicted octanol–water partition coefficient (Wildman–Crippen LogP) is 3.76. The molecule has 1 atom stereocenters. The second-order valence-electron chi connectivity index (χ2n) is 4.31. The van der Waals surface area contributed by atoms with E-state index in [0.29, 0.717) is 11.3 Å². The number of hydrogen-bond donors (Lipinski definition) is 2. The van der Waals surface area contributed by atoms with Crippen molar-refractivity contribution in [2.75, 3.05) is 11.9 Å². The summed E-state index contributed by atoms with van der Waals surface area (Å²) in [6.45, 7) is 0.167. The summed E-state index contributed by atoms with van der Waals surface area (Å²) in [5.74, 6) is -2.17. The van der Waals surface area contributed by atoms with E-state index < -0.39 is 17.7 Å². The van der Waals surface area contributed by atoms with Gasteiger partial charge in [0.2, 0.25) is 0 Å². The van der Waals surface area contributed by atoms with Gasteiger partial charge in [0.1, 0.15) is 5.82 Å². The third kappa shape index (κ3) is 3.48. The molecule has 0 bridgehead atoms. The van der Waals surface area contributed by atoms with Gasteiger partial charge in [0.15, 0.2) is 0 Å². The van der Waals surface area contributed by atoms with Crippen LogP contribution in [0.25, 0.3) is 0 Å². The van der Waals surface area contributed by atoms with Crippen LogP contribution in [0.2, 0.25) is 5.02 Å². The largest absolute Gasteiger partial charge is 0.481 e. The van der Waals surface area contributed by atoms with Crippen LogP contribution in [0.1, 0.15) is 11.5 Å². The van der Waals surface area contributed by atoms with Crippen molar-refractivity contribution in [3.63, 3.8) is 0 Å². The van der Waals surface area contributed by atoms with Crippen molar-refractivity contribution in [1.29, 1.82) is 0 Å². The first-order valence-corrected chi connectivity index (χ1v) is 6.42. The van der Waals surface area contributed by atoms with Crippen molar-refractivity contribution >= 4 is 23.3 Å². The molecule has 0 fully saturated rings. The number of anilines is 1. The lowest BCUT2D eigenvalue weighted by molar-refractivity contribution is -0.138. The third-order valence-electron chi connectivity index (χ3n) is 2.93. The number of halogens is 2. The molecule has 2 rings (SSSR count).